The van der Waals surface area contributed by atoms with E-state index in [9.17, 15) is 9.50 Å². The highest BCUT2D eigenvalue weighted by Crippen LogP contribution is 2.26. The van der Waals surface area contributed by atoms with Gasteiger partial charge in [-0.25, -0.2) is 4.39 Å². The maximum Gasteiger partial charge on any atom is 0.147 e. The van der Waals surface area contributed by atoms with Gasteiger partial charge in [-0.15, -0.1) is 0 Å². The highest BCUT2D eigenvalue weighted by Gasteiger charge is 2.14. The SMILES string of the molecule is OC(CCc1ccsc1)c1cccc(Cl)c1F. The molecule has 17 heavy (non-hydrogen) atoms. The summed E-state index contributed by atoms with van der Waals surface area (Å²) in [5, 5.41) is 14.0. The molecule has 0 radical (unpaired) electrons. The van der Waals surface area contributed by atoms with Crippen molar-refractivity contribution in [3.8, 4) is 0 Å². The Kier molecular flexibility index (Phi) is 4.15. The zero-order valence-corrected chi connectivity index (χ0v) is 10.6. The Morgan fingerprint density at radius 3 is 2.88 bits per heavy atom. The molecule has 0 amide bonds. The van der Waals surface area contributed by atoms with Crippen molar-refractivity contribution in [1.29, 1.82) is 0 Å². The number of benzene rings is 1. The van der Waals surface area contributed by atoms with Crippen LogP contribution in [0.1, 0.15) is 23.7 Å². The molecule has 0 aliphatic heterocycles. The average Bonchev–Trinajstić information content (AvgIpc) is 2.82. The van der Waals surface area contributed by atoms with Crippen LogP contribution in [-0.2, 0) is 6.42 Å². The lowest BCUT2D eigenvalue weighted by molar-refractivity contribution is 0.163. The third-order valence-electron chi connectivity index (χ3n) is 2.63. The highest BCUT2D eigenvalue weighted by molar-refractivity contribution is 7.07. The van der Waals surface area contributed by atoms with Crippen LogP contribution in [0.4, 0.5) is 4.39 Å². The normalized spacial score (nSPS) is 12.6. The molecule has 1 heterocycles. The van der Waals surface area contributed by atoms with Gasteiger partial charge in [-0.2, -0.15) is 11.3 Å². The average molecular weight is 271 g/mol. The second kappa shape index (κ2) is 5.63. The zero-order chi connectivity index (χ0) is 12.3. The molecule has 1 nitrogen and oxygen atoms in total. The number of rotatable bonds is 4. The van der Waals surface area contributed by atoms with E-state index in [1.54, 1.807) is 23.5 Å². The van der Waals surface area contributed by atoms with E-state index >= 15 is 0 Å². The van der Waals surface area contributed by atoms with E-state index in [0.717, 1.165) is 12.0 Å². The first-order chi connectivity index (χ1) is 8.18. The molecule has 1 unspecified atom stereocenters. The fourth-order valence-electron chi connectivity index (χ4n) is 1.67. The second-order valence-electron chi connectivity index (χ2n) is 3.83. The zero-order valence-electron chi connectivity index (χ0n) is 9.07. The van der Waals surface area contributed by atoms with Crippen LogP contribution in [0.3, 0.4) is 0 Å². The minimum absolute atomic E-state index is 0.0529. The van der Waals surface area contributed by atoms with Crippen molar-refractivity contribution in [2.24, 2.45) is 0 Å². The van der Waals surface area contributed by atoms with Crippen molar-refractivity contribution in [3.63, 3.8) is 0 Å². The van der Waals surface area contributed by atoms with Gasteiger partial charge in [0.15, 0.2) is 0 Å². The standard InChI is InChI=1S/C13H12ClFOS/c14-11-3-1-2-10(13(11)15)12(16)5-4-9-6-7-17-8-9/h1-3,6-8,12,16H,4-5H2. The topological polar surface area (TPSA) is 20.2 Å². The Balaban J connectivity index is 2.04. The fraction of sp³-hybridized carbons (Fsp3) is 0.231. The Hall–Kier alpha value is -0.900. The number of thiophene rings is 1. The van der Waals surface area contributed by atoms with E-state index in [2.05, 4.69) is 0 Å². The predicted octanol–water partition coefficient (Wildman–Crippen LogP) is 4.21. The first-order valence-electron chi connectivity index (χ1n) is 5.31. The minimum atomic E-state index is -0.811. The number of aliphatic hydroxyl groups is 1. The monoisotopic (exact) mass is 270 g/mol. The number of hydrogen-bond donors (Lipinski definition) is 1. The van der Waals surface area contributed by atoms with Crippen LogP contribution >= 0.6 is 22.9 Å². The van der Waals surface area contributed by atoms with Crippen LogP contribution in [-0.4, -0.2) is 5.11 Å². The summed E-state index contributed by atoms with van der Waals surface area (Å²) in [6.45, 7) is 0. The van der Waals surface area contributed by atoms with E-state index < -0.39 is 11.9 Å². The largest absolute Gasteiger partial charge is 0.388 e. The van der Waals surface area contributed by atoms with Crippen molar-refractivity contribution in [1.82, 2.24) is 0 Å². The molecule has 0 spiro atoms. The molecular weight excluding hydrogens is 259 g/mol. The molecule has 0 bridgehead atoms. The minimum Gasteiger partial charge on any atom is -0.388 e. The van der Waals surface area contributed by atoms with Gasteiger partial charge in [-0.05, 0) is 41.3 Å². The summed E-state index contributed by atoms with van der Waals surface area (Å²) in [7, 11) is 0. The molecule has 1 aromatic heterocycles. The number of aliphatic hydroxyl groups excluding tert-OH is 1. The summed E-state index contributed by atoms with van der Waals surface area (Å²) < 4.78 is 13.6. The Morgan fingerprint density at radius 2 is 2.18 bits per heavy atom. The Labute approximate surface area is 108 Å². The molecule has 4 heteroatoms. The van der Waals surface area contributed by atoms with Crippen LogP contribution in [0.5, 0.6) is 0 Å². The van der Waals surface area contributed by atoms with Gasteiger partial charge in [0.05, 0.1) is 11.1 Å². The molecule has 2 rings (SSSR count). The number of hydrogen-bond acceptors (Lipinski definition) is 2. The maximum atomic E-state index is 13.6. The highest BCUT2D eigenvalue weighted by atomic mass is 35.5. The number of halogens is 2. The first kappa shape index (κ1) is 12.6. The third kappa shape index (κ3) is 3.06. The second-order valence-corrected chi connectivity index (χ2v) is 5.02. The Bertz CT molecular complexity index is 484. The van der Waals surface area contributed by atoms with Crippen molar-refractivity contribution in [2.75, 3.05) is 0 Å². The lowest BCUT2D eigenvalue weighted by atomic mass is 10.0. The van der Waals surface area contributed by atoms with E-state index in [1.807, 2.05) is 16.8 Å². The van der Waals surface area contributed by atoms with Crippen LogP contribution in [0.15, 0.2) is 35.0 Å². The molecule has 0 fully saturated rings. The molecule has 2 aromatic rings. The van der Waals surface area contributed by atoms with Gasteiger partial charge in [0.1, 0.15) is 5.82 Å². The van der Waals surface area contributed by atoms with Gasteiger partial charge in [0.25, 0.3) is 0 Å². The van der Waals surface area contributed by atoms with Crippen molar-refractivity contribution in [3.05, 3.63) is 57.0 Å². The quantitative estimate of drug-likeness (QED) is 0.882. The molecule has 0 saturated carbocycles. The smallest absolute Gasteiger partial charge is 0.147 e. The van der Waals surface area contributed by atoms with Crippen LogP contribution < -0.4 is 0 Å². The van der Waals surface area contributed by atoms with E-state index in [0.29, 0.717) is 6.42 Å². The van der Waals surface area contributed by atoms with Gasteiger partial charge in [-0.1, -0.05) is 23.7 Å². The molecule has 1 N–H and O–H groups in total. The molecule has 0 aliphatic rings. The van der Waals surface area contributed by atoms with Gasteiger partial charge in [0.2, 0.25) is 0 Å². The summed E-state index contributed by atoms with van der Waals surface area (Å²) in [4.78, 5) is 0. The van der Waals surface area contributed by atoms with Gasteiger partial charge < -0.3 is 5.11 Å². The molecule has 90 valence electrons. The molecule has 0 saturated heterocycles. The maximum absolute atomic E-state index is 13.6. The van der Waals surface area contributed by atoms with Gasteiger partial charge in [-0.3, -0.25) is 0 Å². The predicted molar refractivity (Wildman–Crippen MR) is 69.0 cm³/mol. The van der Waals surface area contributed by atoms with Crippen LogP contribution in [0.25, 0.3) is 0 Å². The number of aryl methyl sites for hydroxylation is 1. The summed E-state index contributed by atoms with van der Waals surface area (Å²) in [6.07, 6.45) is 0.415. The fourth-order valence-corrected chi connectivity index (χ4v) is 2.56. The molecule has 0 aliphatic carbocycles. The van der Waals surface area contributed by atoms with E-state index in [1.165, 1.54) is 6.07 Å². The van der Waals surface area contributed by atoms with Gasteiger partial charge in [0, 0.05) is 5.56 Å². The summed E-state index contributed by atoms with van der Waals surface area (Å²) in [5.74, 6) is -0.521. The van der Waals surface area contributed by atoms with E-state index in [-0.39, 0.29) is 10.6 Å². The summed E-state index contributed by atoms with van der Waals surface area (Å²) in [6, 6.07) is 6.70. The molecular formula is C13H12ClFOS. The van der Waals surface area contributed by atoms with Crippen molar-refractivity contribution in [2.45, 2.75) is 18.9 Å². The first-order valence-corrected chi connectivity index (χ1v) is 6.63. The van der Waals surface area contributed by atoms with Crippen LogP contribution in [0, 0.1) is 5.82 Å². The van der Waals surface area contributed by atoms with Crippen molar-refractivity contribution >= 4 is 22.9 Å². The molecule has 1 aromatic carbocycles. The lowest BCUT2D eigenvalue weighted by Gasteiger charge is -2.12. The molecule has 1 atom stereocenters. The Morgan fingerprint density at radius 1 is 1.35 bits per heavy atom. The van der Waals surface area contributed by atoms with Crippen molar-refractivity contribution < 1.29 is 9.50 Å². The van der Waals surface area contributed by atoms with E-state index in [4.69, 9.17) is 11.6 Å². The lowest BCUT2D eigenvalue weighted by Crippen LogP contribution is -2.02. The van der Waals surface area contributed by atoms with Crippen LogP contribution in [0.2, 0.25) is 5.02 Å². The summed E-state index contributed by atoms with van der Waals surface area (Å²) >= 11 is 7.29. The summed E-state index contributed by atoms with van der Waals surface area (Å²) in [5.41, 5.74) is 1.43. The van der Waals surface area contributed by atoms with Gasteiger partial charge >= 0.3 is 0 Å². The third-order valence-corrected chi connectivity index (χ3v) is 3.65.